The van der Waals surface area contributed by atoms with Gasteiger partial charge in [0.05, 0.1) is 0 Å². The molecular formula is C12H13N. The molecule has 0 bridgehead atoms. The molecule has 1 aromatic heterocycles. The average molecular weight is 171 g/mol. The van der Waals surface area contributed by atoms with Gasteiger partial charge in [0, 0.05) is 12.4 Å². The van der Waals surface area contributed by atoms with Crippen molar-refractivity contribution >= 4 is 5.57 Å². The lowest BCUT2D eigenvalue weighted by atomic mass is 9.95. The van der Waals surface area contributed by atoms with Crippen LogP contribution in [0.2, 0.25) is 0 Å². The Morgan fingerprint density at radius 2 is 2.38 bits per heavy atom. The van der Waals surface area contributed by atoms with Crippen molar-refractivity contribution in [2.45, 2.75) is 13.3 Å². The van der Waals surface area contributed by atoms with Gasteiger partial charge in [0.1, 0.15) is 0 Å². The van der Waals surface area contributed by atoms with Gasteiger partial charge in [-0.1, -0.05) is 31.2 Å². The van der Waals surface area contributed by atoms with Gasteiger partial charge >= 0.3 is 0 Å². The van der Waals surface area contributed by atoms with Gasteiger partial charge in [0.15, 0.2) is 0 Å². The molecule has 0 amide bonds. The van der Waals surface area contributed by atoms with Gasteiger partial charge in [0.25, 0.3) is 0 Å². The molecule has 0 spiro atoms. The van der Waals surface area contributed by atoms with Crippen molar-refractivity contribution in [2.24, 2.45) is 5.92 Å². The minimum absolute atomic E-state index is 0.681. The van der Waals surface area contributed by atoms with E-state index in [-0.39, 0.29) is 0 Å². The van der Waals surface area contributed by atoms with E-state index in [1.807, 2.05) is 12.3 Å². The van der Waals surface area contributed by atoms with Crippen LogP contribution in [0.25, 0.3) is 5.57 Å². The lowest BCUT2D eigenvalue weighted by molar-refractivity contribution is 0.739. The van der Waals surface area contributed by atoms with Crippen molar-refractivity contribution in [3.05, 3.63) is 48.3 Å². The van der Waals surface area contributed by atoms with Crippen LogP contribution in [0.3, 0.4) is 0 Å². The van der Waals surface area contributed by atoms with Gasteiger partial charge in [-0.3, -0.25) is 4.98 Å². The summed E-state index contributed by atoms with van der Waals surface area (Å²) in [6.45, 7) is 2.23. The van der Waals surface area contributed by atoms with E-state index < -0.39 is 0 Å². The Bertz CT molecular complexity index is 335. The highest BCUT2D eigenvalue weighted by Crippen LogP contribution is 2.22. The topological polar surface area (TPSA) is 12.9 Å². The first-order valence-corrected chi connectivity index (χ1v) is 4.65. The summed E-state index contributed by atoms with van der Waals surface area (Å²) in [5.74, 6) is 0.681. The third-order valence-corrected chi connectivity index (χ3v) is 2.31. The van der Waals surface area contributed by atoms with Crippen LogP contribution in [0, 0.1) is 5.92 Å². The van der Waals surface area contributed by atoms with E-state index in [0.717, 1.165) is 6.42 Å². The molecule has 1 aliphatic rings. The van der Waals surface area contributed by atoms with Crippen molar-refractivity contribution < 1.29 is 0 Å². The maximum absolute atomic E-state index is 4.10. The molecular weight excluding hydrogens is 158 g/mol. The predicted molar refractivity (Wildman–Crippen MR) is 55.1 cm³/mol. The Morgan fingerprint density at radius 3 is 3.00 bits per heavy atom. The summed E-state index contributed by atoms with van der Waals surface area (Å²) in [7, 11) is 0. The molecule has 1 heterocycles. The van der Waals surface area contributed by atoms with Crippen LogP contribution in [0.4, 0.5) is 0 Å². The Balaban J connectivity index is 2.25. The molecule has 1 nitrogen and oxygen atoms in total. The number of nitrogens with zero attached hydrogens (tertiary/aromatic N) is 1. The molecule has 0 radical (unpaired) electrons. The van der Waals surface area contributed by atoms with Crippen LogP contribution >= 0.6 is 0 Å². The predicted octanol–water partition coefficient (Wildman–Crippen LogP) is 3.06. The fraction of sp³-hybridized carbons (Fsp3) is 0.250. The van der Waals surface area contributed by atoms with E-state index in [9.17, 15) is 0 Å². The first-order chi connectivity index (χ1) is 6.36. The summed E-state index contributed by atoms with van der Waals surface area (Å²) in [5.41, 5.74) is 2.51. The second-order valence-corrected chi connectivity index (χ2v) is 3.47. The molecule has 0 saturated carbocycles. The summed E-state index contributed by atoms with van der Waals surface area (Å²) in [5, 5.41) is 0. The van der Waals surface area contributed by atoms with Crippen molar-refractivity contribution in [1.82, 2.24) is 4.98 Å². The van der Waals surface area contributed by atoms with Crippen LogP contribution in [0.1, 0.15) is 18.9 Å². The molecule has 0 N–H and O–H groups in total. The molecule has 2 rings (SSSR count). The summed E-state index contributed by atoms with van der Waals surface area (Å²) in [4.78, 5) is 4.10. The van der Waals surface area contributed by atoms with Crippen molar-refractivity contribution in [1.29, 1.82) is 0 Å². The van der Waals surface area contributed by atoms with Gasteiger partial charge < -0.3 is 0 Å². The average Bonchev–Trinajstić information content (AvgIpc) is 2.20. The van der Waals surface area contributed by atoms with Gasteiger partial charge in [-0.15, -0.1) is 0 Å². The molecule has 66 valence electrons. The zero-order valence-corrected chi connectivity index (χ0v) is 7.77. The molecule has 0 aromatic carbocycles. The maximum atomic E-state index is 4.10. The van der Waals surface area contributed by atoms with Crippen molar-refractivity contribution in [2.75, 3.05) is 0 Å². The highest BCUT2D eigenvalue weighted by molar-refractivity contribution is 5.74. The van der Waals surface area contributed by atoms with Gasteiger partial charge in [0.2, 0.25) is 0 Å². The standard InChI is InChI=1S/C12H13N/c1-10-4-6-11(7-5-10)12-3-2-8-13-9-12/h2-4,6-10H,5H2,1H3. The lowest BCUT2D eigenvalue weighted by Gasteiger charge is -2.11. The smallest absolute Gasteiger partial charge is 0.0346 e. The maximum Gasteiger partial charge on any atom is 0.0346 e. The monoisotopic (exact) mass is 171 g/mol. The van der Waals surface area contributed by atoms with Crippen LogP contribution in [-0.4, -0.2) is 4.98 Å². The Morgan fingerprint density at radius 1 is 1.46 bits per heavy atom. The largest absolute Gasteiger partial charge is 0.264 e. The fourth-order valence-electron chi connectivity index (χ4n) is 1.47. The van der Waals surface area contributed by atoms with E-state index in [2.05, 4.69) is 36.2 Å². The molecule has 1 aliphatic carbocycles. The Kier molecular flexibility index (Phi) is 2.26. The van der Waals surface area contributed by atoms with Gasteiger partial charge in [-0.25, -0.2) is 0 Å². The molecule has 1 aromatic rings. The third-order valence-electron chi connectivity index (χ3n) is 2.31. The van der Waals surface area contributed by atoms with Crippen LogP contribution in [-0.2, 0) is 0 Å². The molecule has 1 atom stereocenters. The highest BCUT2D eigenvalue weighted by atomic mass is 14.6. The summed E-state index contributed by atoms with van der Waals surface area (Å²) in [6, 6.07) is 4.07. The number of aromatic nitrogens is 1. The van der Waals surface area contributed by atoms with Crippen molar-refractivity contribution in [3.63, 3.8) is 0 Å². The number of hydrogen-bond donors (Lipinski definition) is 0. The first kappa shape index (κ1) is 8.24. The molecule has 0 fully saturated rings. The number of rotatable bonds is 1. The second-order valence-electron chi connectivity index (χ2n) is 3.47. The van der Waals surface area contributed by atoms with E-state index >= 15 is 0 Å². The quantitative estimate of drug-likeness (QED) is 0.632. The number of allylic oxidation sites excluding steroid dienone is 4. The molecule has 1 heteroatoms. The second kappa shape index (κ2) is 3.56. The van der Waals surface area contributed by atoms with E-state index in [4.69, 9.17) is 0 Å². The number of pyridine rings is 1. The normalized spacial score (nSPS) is 21.3. The Labute approximate surface area is 78.8 Å². The first-order valence-electron chi connectivity index (χ1n) is 4.65. The third kappa shape index (κ3) is 1.86. The zero-order valence-electron chi connectivity index (χ0n) is 7.77. The van der Waals surface area contributed by atoms with Crippen LogP contribution < -0.4 is 0 Å². The van der Waals surface area contributed by atoms with E-state index in [1.165, 1.54) is 11.1 Å². The molecule has 13 heavy (non-hydrogen) atoms. The van der Waals surface area contributed by atoms with Crippen LogP contribution in [0.5, 0.6) is 0 Å². The van der Waals surface area contributed by atoms with Gasteiger partial charge in [-0.2, -0.15) is 0 Å². The summed E-state index contributed by atoms with van der Waals surface area (Å²) >= 11 is 0. The van der Waals surface area contributed by atoms with E-state index in [0.29, 0.717) is 5.92 Å². The van der Waals surface area contributed by atoms with Crippen LogP contribution in [0.15, 0.2) is 42.8 Å². The SMILES string of the molecule is CC1C=CC(c2cccnc2)=CC1. The summed E-state index contributed by atoms with van der Waals surface area (Å²) in [6.07, 6.45) is 11.6. The van der Waals surface area contributed by atoms with Gasteiger partial charge in [-0.05, 0) is 29.5 Å². The van der Waals surface area contributed by atoms with E-state index in [1.54, 1.807) is 6.20 Å². The number of hydrogen-bond acceptors (Lipinski definition) is 1. The molecule has 0 aliphatic heterocycles. The minimum atomic E-state index is 0.681. The molecule has 0 saturated heterocycles. The summed E-state index contributed by atoms with van der Waals surface area (Å²) < 4.78 is 0. The molecule has 1 unspecified atom stereocenters. The minimum Gasteiger partial charge on any atom is -0.264 e. The highest BCUT2D eigenvalue weighted by Gasteiger charge is 2.04. The Hall–Kier alpha value is -1.37. The lowest BCUT2D eigenvalue weighted by Crippen LogP contribution is -1.94. The van der Waals surface area contributed by atoms with Crippen molar-refractivity contribution in [3.8, 4) is 0 Å². The zero-order chi connectivity index (χ0) is 9.10. The fourth-order valence-corrected chi connectivity index (χ4v) is 1.47.